The average molecular weight is 348 g/mol. The highest BCUT2D eigenvalue weighted by molar-refractivity contribution is 7.22. The van der Waals surface area contributed by atoms with Crippen LogP contribution in [0.1, 0.15) is 21.5 Å². The number of aryl methyl sites for hydroxylation is 2. The molecule has 24 heavy (non-hydrogen) atoms. The van der Waals surface area contributed by atoms with Crippen molar-refractivity contribution in [2.24, 2.45) is 0 Å². The second-order valence-electron chi connectivity index (χ2n) is 5.22. The van der Waals surface area contributed by atoms with Crippen LogP contribution in [-0.4, -0.2) is 17.5 Å². The number of ether oxygens (including phenoxy) is 1. The van der Waals surface area contributed by atoms with Gasteiger partial charge in [0.25, 0.3) is 5.91 Å². The number of nitrogens with zero attached hydrogens (tertiary/aromatic N) is 1. The summed E-state index contributed by atoms with van der Waals surface area (Å²) in [5.41, 5.74) is 2.93. The average Bonchev–Trinajstić information content (AvgIpc) is 2.96. The normalized spacial score (nSPS) is 11.0. The topological polar surface area (TPSA) is 51.2 Å². The van der Waals surface area contributed by atoms with Gasteiger partial charge < -0.3 is 4.74 Å². The number of carbonyl (C=O) groups is 1. The Morgan fingerprint density at radius 3 is 2.58 bits per heavy atom. The highest BCUT2D eigenvalue weighted by Gasteiger charge is 2.17. The minimum atomic E-state index is -2.99. The first-order chi connectivity index (χ1) is 11.5. The number of carbonyl (C=O) groups excluding carboxylic acids is 1. The van der Waals surface area contributed by atoms with E-state index in [4.69, 9.17) is 0 Å². The van der Waals surface area contributed by atoms with Crippen LogP contribution in [0, 0.1) is 13.8 Å². The van der Waals surface area contributed by atoms with Crippen molar-refractivity contribution in [2.45, 2.75) is 20.5 Å². The summed E-state index contributed by atoms with van der Waals surface area (Å²) in [5, 5.41) is 3.08. The van der Waals surface area contributed by atoms with Crippen LogP contribution >= 0.6 is 11.3 Å². The molecule has 0 radical (unpaired) electrons. The van der Waals surface area contributed by atoms with Gasteiger partial charge in [-0.2, -0.15) is 8.78 Å². The summed E-state index contributed by atoms with van der Waals surface area (Å²) in [7, 11) is 0. The SMILES string of the molecule is Cc1ccc(C)c2sc(NC(=O)c3ccccc3OC(F)F)nc12. The number of para-hydroxylation sites is 1. The molecule has 0 saturated carbocycles. The standard InChI is InChI=1S/C17H14F2N2O2S/c1-9-7-8-10(2)14-13(9)20-17(24-14)21-15(22)11-5-3-4-6-12(11)23-16(18)19/h3-8,16H,1-2H3,(H,20,21,22). The third-order valence-electron chi connectivity index (χ3n) is 3.51. The number of nitrogens with one attached hydrogen (secondary N) is 1. The first-order valence-electron chi connectivity index (χ1n) is 7.17. The molecule has 2 aromatic carbocycles. The van der Waals surface area contributed by atoms with E-state index in [0.29, 0.717) is 5.13 Å². The molecular formula is C17H14F2N2O2S. The number of amides is 1. The molecule has 0 saturated heterocycles. The summed E-state index contributed by atoms with van der Waals surface area (Å²) in [4.78, 5) is 16.8. The van der Waals surface area contributed by atoms with Crippen molar-refractivity contribution in [2.75, 3.05) is 5.32 Å². The van der Waals surface area contributed by atoms with Crippen LogP contribution in [0.5, 0.6) is 5.75 Å². The Labute approximate surface area is 141 Å². The van der Waals surface area contributed by atoms with E-state index in [1.54, 1.807) is 6.07 Å². The molecule has 0 bridgehead atoms. The largest absolute Gasteiger partial charge is 0.434 e. The van der Waals surface area contributed by atoms with Crippen LogP contribution in [-0.2, 0) is 0 Å². The van der Waals surface area contributed by atoms with Crippen LogP contribution in [0.25, 0.3) is 10.2 Å². The number of hydrogen-bond donors (Lipinski definition) is 1. The Kier molecular flexibility index (Phi) is 4.44. The molecule has 0 aliphatic heterocycles. The van der Waals surface area contributed by atoms with Crippen LogP contribution in [0.15, 0.2) is 36.4 Å². The molecule has 124 valence electrons. The van der Waals surface area contributed by atoms with E-state index < -0.39 is 12.5 Å². The molecule has 1 heterocycles. The summed E-state index contributed by atoms with van der Waals surface area (Å²) >= 11 is 1.35. The number of hydrogen-bond acceptors (Lipinski definition) is 4. The highest BCUT2D eigenvalue weighted by atomic mass is 32.1. The van der Waals surface area contributed by atoms with Crippen molar-refractivity contribution in [3.63, 3.8) is 0 Å². The zero-order valence-corrected chi connectivity index (χ0v) is 13.8. The molecule has 7 heteroatoms. The molecule has 0 unspecified atom stereocenters. The minimum Gasteiger partial charge on any atom is -0.434 e. The van der Waals surface area contributed by atoms with Gasteiger partial charge in [-0.05, 0) is 37.1 Å². The molecule has 0 spiro atoms. The molecule has 1 N–H and O–H groups in total. The zero-order chi connectivity index (χ0) is 17.3. The van der Waals surface area contributed by atoms with E-state index in [1.165, 1.54) is 29.5 Å². The molecule has 0 aliphatic carbocycles. The lowest BCUT2D eigenvalue weighted by Crippen LogP contribution is -2.14. The smallest absolute Gasteiger partial charge is 0.387 e. The molecule has 0 aliphatic rings. The molecule has 3 aromatic rings. The minimum absolute atomic E-state index is 0.0329. The first-order valence-corrected chi connectivity index (χ1v) is 7.99. The molecule has 1 amide bonds. The van der Waals surface area contributed by atoms with E-state index in [0.717, 1.165) is 21.3 Å². The van der Waals surface area contributed by atoms with Gasteiger partial charge in [-0.15, -0.1) is 0 Å². The third-order valence-corrected chi connectivity index (χ3v) is 4.62. The summed E-state index contributed by atoms with van der Waals surface area (Å²) in [6, 6.07) is 9.82. The predicted molar refractivity (Wildman–Crippen MR) is 90.1 cm³/mol. The Morgan fingerprint density at radius 1 is 1.17 bits per heavy atom. The predicted octanol–water partition coefficient (Wildman–Crippen LogP) is 4.77. The van der Waals surface area contributed by atoms with Crippen molar-refractivity contribution in [1.29, 1.82) is 0 Å². The Bertz CT molecular complexity index is 870. The van der Waals surface area contributed by atoms with Crippen LogP contribution < -0.4 is 10.1 Å². The number of thiazole rings is 1. The maximum absolute atomic E-state index is 12.5. The van der Waals surface area contributed by atoms with Gasteiger partial charge in [0.05, 0.1) is 15.8 Å². The van der Waals surface area contributed by atoms with Crippen LogP contribution in [0.3, 0.4) is 0 Å². The number of aromatic nitrogens is 1. The van der Waals surface area contributed by atoms with Gasteiger partial charge in [-0.25, -0.2) is 4.98 Å². The van der Waals surface area contributed by atoms with Crippen molar-refractivity contribution >= 4 is 32.6 Å². The number of fused-ring (bicyclic) bond motifs is 1. The summed E-state index contributed by atoms with van der Waals surface area (Å²) in [5.74, 6) is -0.709. The van der Waals surface area contributed by atoms with Crippen molar-refractivity contribution in [3.8, 4) is 5.75 Å². The second kappa shape index (κ2) is 6.52. The number of benzene rings is 2. The van der Waals surface area contributed by atoms with Gasteiger partial charge in [0.1, 0.15) is 5.75 Å². The summed E-state index contributed by atoms with van der Waals surface area (Å²) < 4.78 is 30.3. The molecule has 0 atom stereocenters. The maximum atomic E-state index is 12.5. The van der Waals surface area contributed by atoms with Gasteiger partial charge in [0, 0.05) is 0 Å². The number of halogens is 2. The van der Waals surface area contributed by atoms with Crippen molar-refractivity contribution in [1.82, 2.24) is 4.98 Å². The highest BCUT2D eigenvalue weighted by Crippen LogP contribution is 2.31. The Morgan fingerprint density at radius 2 is 1.88 bits per heavy atom. The lowest BCUT2D eigenvalue weighted by molar-refractivity contribution is -0.0501. The molecule has 4 nitrogen and oxygen atoms in total. The van der Waals surface area contributed by atoms with Crippen LogP contribution in [0.4, 0.5) is 13.9 Å². The van der Waals surface area contributed by atoms with E-state index in [-0.39, 0.29) is 11.3 Å². The van der Waals surface area contributed by atoms with Crippen LogP contribution in [0.2, 0.25) is 0 Å². The van der Waals surface area contributed by atoms with Gasteiger partial charge in [-0.1, -0.05) is 35.6 Å². The zero-order valence-electron chi connectivity index (χ0n) is 13.0. The number of alkyl halides is 2. The third kappa shape index (κ3) is 3.21. The van der Waals surface area contributed by atoms with Gasteiger partial charge in [0.15, 0.2) is 5.13 Å². The summed E-state index contributed by atoms with van der Waals surface area (Å²) in [6.07, 6.45) is 0. The van der Waals surface area contributed by atoms with E-state index in [9.17, 15) is 13.6 Å². The van der Waals surface area contributed by atoms with E-state index in [1.807, 2.05) is 26.0 Å². The fourth-order valence-electron chi connectivity index (χ4n) is 2.33. The Hall–Kier alpha value is -2.54. The fourth-order valence-corrected chi connectivity index (χ4v) is 3.34. The Balaban J connectivity index is 1.91. The van der Waals surface area contributed by atoms with Crippen molar-refractivity contribution < 1.29 is 18.3 Å². The fraction of sp³-hybridized carbons (Fsp3) is 0.176. The lowest BCUT2D eigenvalue weighted by Gasteiger charge is -2.09. The molecular weight excluding hydrogens is 334 g/mol. The van der Waals surface area contributed by atoms with Gasteiger partial charge in [-0.3, -0.25) is 10.1 Å². The first kappa shape index (κ1) is 16.3. The van der Waals surface area contributed by atoms with Gasteiger partial charge >= 0.3 is 6.61 Å². The monoisotopic (exact) mass is 348 g/mol. The van der Waals surface area contributed by atoms with E-state index >= 15 is 0 Å². The summed E-state index contributed by atoms with van der Waals surface area (Å²) in [6.45, 7) is 0.919. The lowest BCUT2D eigenvalue weighted by atomic mass is 10.1. The molecule has 0 fully saturated rings. The number of rotatable bonds is 4. The molecule has 3 rings (SSSR count). The van der Waals surface area contributed by atoms with E-state index in [2.05, 4.69) is 15.0 Å². The number of anilines is 1. The second-order valence-corrected chi connectivity index (χ2v) is 6.22. The molecule has 1 aromatic heterocycles. The quantitative estimate of drug-likeness (QED) is 0.739. The maximum Gasteiger partial charge on any atom is 0.387 e. The van der Waals surface area contributed by atoms with Crippen molar-refractivity contribution in [3.05, 3.63) is 53.1 Å². The van der Waals surface area contributed by atoms with Gasteiger partial charge in [0.2, 0.25) is 0 Å².